The second-order valence-electron chi connectivity index (χ2n) is 3.37. The van der Waals surface area contributed by atoms with Gasteiger partial charge < -0.3 is 4.72 Å². The summed E-state index contributed by atoms with van der Waals surface area (Å²) in [5.41, 5.74) is 0. The first-order valence-electron chi connectivity index (χ1n) is 5.94. The zero-order valence-corrected chi connectivity index (χ0v) is 12.8. The lowest BCUT2D eigenvalue weighted by molar-refractivity contribution is 0.931. The van der Waals surface area contributed by atoms with Crippen LogP contribution in [0.3, 0.4) is 0 Å². The van der Waals surface area contributed by atoms with Gasteiger partial charge in [0.25, 0.3) is 0 Å². The summed E-state index contributed by atoms with van der Waals surface area (Å²) in [4.78, 5) is 2.77. The van der Waals surface area contributed by atoms with Gasteiger partial charge in [-0.05, 0) is 36.6 Å². The van der Waals surface area contributed by atoms with Crippen molar-refractivity contribution in [3.8, 4) is 0 Å². The van der Waals surface area contributed by atoms with Crippen molar-refractivity contribution in [3.05, 3.63) is 23.8 Å². The second kappa shape index (κ2) is 13.2. The van der Waals surface area contributed by atoms with Crippen molar-refractivity contribution in [2.75, 3.05) is 18.1 Å². The van der Waals surface area contributed by atoms with Crippen molar-refractivity contribution in [1.82, 2.24) is 14.3 Å². The summed E-state index contributed by atoms with van der Waals surface area (Å²) in [7, 11) is 0. The molecule has 0 aromatic heterocycles. The predicted octanol–water partition coefficient (Wildman–Crippen LogP) is 2.90. The highest BCUT2D eigenvalue weighted by Gasteiger charge is 1.87. The number of hydrogen-bond donors (Lipinski definition) is 3. The van der Waals surface area contributed by atoms with Crippen LogP contribution in [0.15, 0.2) is 28.9 Å². The summed E-state index contributed by atoms with van der Waals surface area (Å²) in [5, 5.41) is 5.84. The number of nitrogens with zero attached hydrogens (tertiary/aromatic N) is 1. The van der Waals surface area contributed by atoms with Gasteiger partial charge in [-0.25, -0.2) is 0 Å². The quantitative estimate of drug-likeness (QED) is 0.598. The molecule has 3 aliphatic rings. The second-order valence-corrected chi connectivity index (χ2v) is 5.98. The van der Waals surface area contributed by atoms with E-state index in [1.165, 1.54) is 18.6 Å². The number of nitrogens with one attached hydrogen (secondary N) is 3. The van der Waals surface area contributed by atoms with Gasteiger partial charge in [0.2, 0.25) is 0 Å². The molecular weight excluding hydrogens is 284 g/mol. The van der Waals surface area contributed by atoms with Gasteiger partial charge in [0, 0.05) is 30.5 Å². The van der Waals surface area contributed by atoms with Crippen LogP contribution in [0.1, 0.15) is 19.3 Å². The topological polar surface area (TPSA) is 48.5 Å². The average molecular weight is 305 g/mol. The molecule has 0 fully saturated rings. The number of hydrogen-bond acceptors (Lipinski definition) is 7. The molecule has 0 amide bonds. The lowest BCUT2D eigenvalue weighted by atomic mass is 10.4. The molecule has 3 N–H and O–H groups in total. The van der Waals surface area contributed by atoms with Crippen LogP contribution >= 0.6 is 35.8 Å². The first kappa shape index (κ1) is 15.8. The molecule has 0 saturated carbocycles. The normalized spacial score (nSPS) is 20.4. The van der Waals surface area contributed by atoms with Crippen LogP contribution in [-0.4, -0.2) is 24.3 Å². The molecule has 0 aromatic carbocycles. The van der Waals surface area contributed by atoms with Gasteiger partial charge in [-0.1, -0.05) is 36.0 Å². The van der Waals surface area contributed by atoms with Gasteiger partial charge in [-0.15, -0.1) is 0 Å². The third-order valence-electron chi connectivity index (χ3n) is 1.87. The Bertz CT molecular complexity index is 202. The van der Waals surface area contributed by atoms with Gasteiger partial charge in [0.15, 0.2) is 0 Å². The third kappa shape index (κ3) is 10.9. The highest BCUT2D eigenvalue weighted by molar-refractivity contribution is 8.00. The maximum absolute atomic E-state index is 3.77. The van der Waals surface area contributed by atoms with Crippen molar-refractivity contribution in [2.45, 2.75) is 19.3 Å². The molecule has 0 unspecified atom stereocenters. The summed E-state index contributed by atoms with van der Waals surface area (Å²) < 4.78 is 6.14. The van der Waals surface area contributed by atoms with Crippen LogP contribution in [-0.2, 0) is 0 Å². The standard InChI is InChI=1S/2C4H7NS.C3H6N2S/c2*1-2-4-6-5-3-1;1-2-4-5-6-3-1/h2,4-5H,1,3H2;1,3,5H,2,4H2;2,5H,1,3H2. The zero-order chi connectivity index (χ0) is 12.7. The van der Waals surface area contributed by atoms with Gasteiger partial charge in [0.1, 0.15) is 0 Å². The van der Waals surface area contributed by atoms with Crippen molar-refractivity contribution < 1.29 is 0 Å². The minimum Gasteiger partial charge on any atom is -0.337 e. The summed E-state index contributed by atoms with van der Waals surface area (Å²) in [6, 6.07) is 0. The van der Waals surface area contributed by atoms with Crippen LogP contribution in [0.4, 0.5) is 0 Å². The van der Waals surface area contributed by atoms with Crippen molar-refractivity contribution in [1.29, 1.82) is 0 Å². The molecule has 3 aliphatic heterocycles. The molecule has 0 bridgehead atoms. The van der Waals surface area contributed by atoms with Gasteiger partial charge in [-0.2, -0.15) is 5.10 Å². The zero-order valence-electron chi connectivity index (χ0n) is 10.3. The SMILES string of the molecule is C1=CNSCC1.C1=CSNCC1.C1=NNSCC1. The summed E-state index contributed by atoms with van der Waals surface area (Å²) >= 11 is 5.07. The van der Waals surface area contributed by atoms with E-state index in [0.717, 1.165) is 18.7 Å². The lowest BCUT2D eigenvalue weighted by Gasteiger charge is -2.00. The smallest absolute Gasteiger partial charge is 0.0261 e. The van der Waals surface area contributed by atoms with E-state index in [-0.39, 0.29) is 0 Å². The minimum absolute atomic E-state index is 1.11. The molecule has 0 saturated heterocycles. The highest BCUT2D eigenvalue weighted by atomic mass is 32.2. The fraction of sp³-hybridized carbons (Fsp3) is 0.545. The Balaban J connectivity index is 0.000000135. The van der Waals surface area contributed by atoms with E-state index in [4.69, 9.17) is 0 Å². The lowest BCUT2D eigenvalue weighted by Crippen LogP contribution is -2.05. The molecule has 3 heterocycles. The van der Waals surface area contributed by atoms with E-state index in [1.54, 1.807) is 35.8 Å². The Hall–Kier alpha value is -0.240. The molecular formula is C11H20N4S3. The van der Waals surface area contributed by atoms with E-state index in [2.05, 4.69) is 36.9 Å². The van der Waals surface area contributed by atoms with Gasteiger partial charge >= 0.3 is 0 Å². The molecule has 0 aliphatic carbocycles. The molecule has 4 nitrogen and oxygen atoms in total. The van der Waals surface area contributed by atoms with Crippen molar-refractivity contribution in [3.63, 3.8) is 0 Å². The van der Waals surface area contributed by atoms with Crippen molar-refractivity contribution in [2.24, 2.45) is 5.10 Å². The minimum atomic E-state index is 1.11. The van der Waals surface area contributed by atoms with E-state index in [9.17, 15) is 0 Å². The van der Waals surface area contributed by atoms with E-state index in [1.807, 2.05) is 12.4 Å². The summed E-state index contributed by atoms with van der Waals surface area (Å²) in [5.74, 6) is 2.38. The highest BCUT2D eigenvalue weighted by Crippen LogP contribution is 2.02. The molecule has 3 rings (SSSR count). The largest absolute Gasteiger partial charge is 0.337 e. The average Bonchev–Trinajstić information content (AvgIpc) is 2.54. The van der Waals surface area contributed by atoms with Crippen LogP contribution in [0.5, 0.6) is 0 Å². The maximum Gasteiger partial charge on any atom is 0.0261 e. The molecule has 18 heavy (non-hydrogen) atoms. The molecule has 0 radical (unpaired) electrons. The predicted molar refractivity (Wildman–Crippen MR) is 87.4 cm³/mol. The molecule has 0 aromatic rings. The summed E-state index contributed by atoms with van der Waals surface area (Å²) in [6.07, 6.45) is 11.7. The number of rotatable bonds is 0. The Morgan fingerprint density at radius 1 is 1.00 bits per heavy atom. The fourth-order valence-electron chi connectivity index (χ4n) is 1.03. The van der Waals surface area contributed by atoms with Crippen LogP contribution in [0.25, 0.3) is 0 Å². The fourth-order valence-corrected chi connectivity index (χ4v) is 2.62. The first-order valence-corrected chi connectivity index (χ1v) is 8.79. The maximum atomic E-state index is 3.77. The first-order chi connectivity index (χ1) is 9.00. The molecule has 102 valence electrons. The Morgan fingerprint density at radius 2 is 1.94 bits per heavy atom. The molecule has 0 atom stereocenters. The van der Waals surface area contributed by atoms with Gasteiger partial charge in [-0.3, -0.25) is 9.55 Å². The number of allylic oxidation sites excluding steroid dienone is 1. The Kier molecular flexibility index (Phi) is 11.6. The monoisotopic (exact) mass is 304 g/mol. The molecule has 0 spiro atoms. The van der Waals surface area contributed by atoms with E-state index in [0.29, 0.717) is 0 Å². The van der Waals surface area contributed by atoms with Crippen LogP contribution < -0.4 is 14.3 Å². The van der Waals surface area contributed by atoms with E-state index >= 15 is 0 Å². The van der Waals surface area contributed by atoms with Gasteiger partial charge in [0.05, 0.1) is 0 Å². The third-order valence-corrected chi connectivity index (χ3v) is 3.99. The van der Waals surface area contributed by atoms with Crippen LogP contribution in [0, 0.1) is 0 Å². The van der Waals surface area contributed by atoms with Crippen LogP contribution in [0.2, 0.25) is 0 Å². The summed E-state index contributed by atoms with van der Waals surface area (Å²) in [6.45, 7) is 1.13. The van der Waals surface area contributed by atoms with E-state index < -0.39 is 0 Å². The number of hydrazone groups is 1. The Labute approximate surface area is 122 Å². The Morgan fingerprint density at radius 3 is 2.11 bits per heavy atom. The molecule has 7 heteroatoms. The van der Waals surface area contributed by atoms with Crippen molar-refractivity contribution >= 4 is 42.1 Å².